The minimum Gasteiger partial charge on any atom is -0.381 e. The summed E-state index contributed by atoms with van der Waals surface area (Å²) in [4.78, 5) is 17.3. The maximum Gasteiger partial charge on any atom is 0.223 e. The normalized spacial score (nSPS) is 25.7. The van der Waals surface area contributed by atoms with Crippen LogP contribution in [-0.4, -0.2) is 72.9 Å². The Kier molecular flexibility index (Phi) is 5.92. The molecule has 2 fully saturated rings. The standard InChI is InChI=1S/C20H31N3O3/c24-20(22-6-10-26-11-7-22)12-18-14-21(13-17-3-8-25-9-4-17)16-19-2-1-5-23(19)15-18/h1-2,5,17-18H,3-4,6-16H2/t18-/m1/s1. The third-order valence-corrected chi connectivity index (χ3v) is 5.96. The Morgan fingerprint density at radius 3 is 2.62 bits per heavy atom. The molecule has 1 amide bonds. The van der Waals surface area contributed by atoms with Crippen molar-refractivity contribution in [3.63, 3.8) is 0 Å². The number of hydrogen-bond acceptors (Lipinski definition) is 4. The van der Waals surface area contributed by atoms with Crippen LogP contribution in [0, 0.1) is 11.8 Å². The molecule has 0 N–H and O–H groups in total. The smallest absolute Gasteiger partial charge is 0.223 e. The number of nitrogens with zero attached hydrogens (tertiary/aromatic N) is 3. The van der Waals surface area contributed by atoms with E-state index in [1.54, 1.807) is 0 Å². The molecule has 6 nitrogen and oxygen atoms in total. The van der Waals surface area contributed by atoms with Gasteiger partial charge < -0.3 is 18.9 Å². The summed E-state index contributed by atoms with van der Waals surface area (Å²) in [6.07, 6.45) is 5.13. The second-order valence-electron chi connectivity index (χ2n) is 7.97. The zero-order valence-electron chi connectivity index (χ0n) is 15.6. The molecule has 0 unspecified atom stereocenters. The summed E-state index contributed by atoms with van der Waals surface area (Å²) in [6.45, 7) is 8.70. The summed E-state index contributed by atoms with van der Waals surface area (Å²) in [6, 6.07) is 4.36. The van der Waals surface area contributed by atoms with Crippen LogP contribution in [0.25, 0.3) is 0 Å². The first kappa shape index (κ1) is 18.0. The molecule has 1 atom stereocenters. The van der Waals surface area contributed by atoms with Crippen LogP contribution in [0.1, 0.15) is 25.0 Å². The van der Waals surface area contributed by atoms with E-state index < -0.39 is 0 Å². The van der Waals surface area contributed by atoms with E-state index in [2.05, 4.69) is 27.8 Å². The highest BCUT2D eigenvalue weighted by Gasteiger charge is 2.27. The van der Waals surface area contributed by atoms with E-state index in [-0.39, 0.29) is 0 Å². The van der Waals surface area contributed by atoms with Crippen molar-refractivity contribution in [3.8, 4) is 0 Å². The molecule has 0 bridgehead atoms. The molecule has 0 radical (unpaired) electrons. The lowest BCUT2D eigenvalue weighted by molar-refractivity contribution is -0.136. The van der Waals surface area contributed by atoms with Gasteiger partial charge in [0.25, 0.3) is 0 Å². The summed E-state index contributed by atoms with van der Waals surface area (Å²) in [7, 11) is 0. The van der Waals surface area contributed by atoms with E-state index in [0.29, 0.717) is 31.5 Å². The van der Waals surface area contributed by atoms with Gasteiger partial charge in [-0.15, -0.1) is 0 Å². The second kappa shape index (κ2) is 8.55. The van der Waals surface area contributed by atoms with Crippen LogP contribution < -0.4 is 0 Å². The van der Waals surface area contributed by atoms with Gasteiger partial charge in [-0.05, 0) is 36.8 Å². The predicted molar refractivity (Wildman–Crippen MR) is 98.8 cm³/mol. The van der Waals surface area contributed by atoms with E-state index in [9.17, 15) is 4.79 Å². The number of fused-ring (bicyclic) bond motifs is 1. The van der Waals surface area contributed by atoms with E-state index in [1.165, 1.54) is 5.69 Å². The average molecular weight is 361 g/mol. The number of morpholine rings is 1. The summed E-state index contributed by atoms with van der Waals surface area (Å²) in [5.74, 6) is 1.39. The van der Waals surface area contributed by atoms with Gasteiger partial charge in [0, 0.05) is 70.8 Å². The zero-order chi connectivity index (χ0) is 17.8. The van der Waals surface area contributed by atoms with Gasteiger partial charge in [-0.1, -0.05) is 0 Å². The molecule has 2 saturated heterocycles. The Hall–Kier alpha value is -1.37. The Balaban J connectivity index is 1.41. The van der Waals surface area contributed by atoms with Crippen molar-refractivity contribution >= 4 is 5.91 Å². The van der Waals surface area contributed by atoms with Gasteiger partial charge in [0.2, 0.25) is 5.91 Å². The van der Waals surface area contributed by atoms with Gasteiger partial charge in [-0.2, -0.15) is 0 Å². The minimum absolute atomic E-state index is 0.292. The van der Waals surface area contributed by atoms with Crippen molar-refractivity contribution in [1.82, 2.24) is 14.4 Å². The molecular weight excluding hydrogens is 330 g/mol. The van der Waals surface area contributed by atoms with Gasteiger partial charge in [-0.25, -0.2) is 0 Å². The largest absolute Gasteiger partial charge is 0.381 e. The lowest BCUT2D eigenvalue weighted by Gasteiger charge is -2.31. The van der Waals surface area contributed by atoms with Crippen molar-refractivity contribution in [2.24, 2.45) is 11.8 Å². The number of carbonyl (C=O) groups is 1. The molecule has 26 heavy (non-hydrogen) atoms. The highest BCUT2D eigenvalue weighted by molar-refractivity contribution is 5.76. The van der Waals surface area contributed by atoms with Crippen molar-refractivity contribution in [2.45, 2.75) is 32.4 Å². The first-order chi connectivity index (χ1) is 12.8. The lowest BCUT2D eigenvalue weighted by atomic mass is 9.98. The molecule has 0 aliphatic carbocycles. The number of aromatic nitrogens is 1. The molecule has 0 saturated carbocycles. The molecule has 1 aromatic rings. The molecule has 6 heteroatoms. The van der Waals surface area contributed by atoms with Crippen LogP contribution in [0.4, 0.5) is 0 Å². The molecular formula is C20H31N3O3. The summed E-state index contributed by atoms with van der Waals surface area (Å²) in [5, 5.41) is 0. The van der Waals surface area contributed by atoms with Gasteiger partial charge >= 0.3 is 0 Å². The molecule has 3 aliphatic rings. The number of rotatable bonds is 4. The van der Waals surface area contributed by atoms with Crippen LogP contribution in [0.5, 0.6) is 0 Å². The number of hydrogen-bond donors (Lipinski definition) is 0. The third-order valence-electron chi connectivity index (χ3n) is 5.96. The van der Waals surface area contributed by atoms with Gasteiger partial charge in [0.15, 0.2) is 0 Å². The highest BCUT2D eigenvalue weighted by atomic mass is 16.5. The summed E-state index contributed by atoms with van der Waals surface area (Å²) >= 11 is 0. The Morgan fingerprint density at radius 1 is 1.04 bits per heavy atom. The second-order valence-corrected chi connectivity index (χ2v) is 7.97. The van der Waals surface area contributed by atoms with Crippen LogP contribution in [-0.2, 0) is 27.4 Å². The van der Waals surface area contributed by atoms with Crippen molar-refractivity contribution in [1.29, 1.82) is 0 Å². The van der Waals surface area contributed by atoms with E-state index >= 15 is 0 Å². The average Bonchev–Trinajstić information content (AvgIpc) is 3.03. The Labute approximate surface area is 156 Å². The fraction of sp³-hybridized carbons (Fsp3) is 0.750. The quantitative estimate of drug-likeness (QED) is 0.817. The fourth-order valence-corrected chi connectivity index (χ4v) is 4.52. The van der Waals surface area contributed by atoms with Crippen LogP contribution >= 0.6 is 0 Å². The predicted octanol–water partition coefficient (Wildman–Crippen LogP) is 1.60. The summed E-state index contributed by atoms with van der Waals surface area (Å²) in [5.41, 5.74) is 1.37. The molecule has 4 heterocycles. The van der Waals surface area contributed by atoms with Gasteiger partial charge in [0.05, 0.1) is 13.2 Å². The fourth-order valence-electron chi connectivity index (χ4n) is 4.52. The van der Waals surface area contributed by atoms with Crippen LogP contribution in [0.15, 0.2) is 18.3 Å². The molecule has 3 aliphatic heterocycles. The highest BCUT2D eigenvalue weighted by Crippen LogP contribution is 2.24. The molecule has 0 aromatic carbocycles. The van der Waals surface area contributed by atoms with E-state index in [0.717, 1.165) is 71.2 Å². The maximum absolute atomic E-state index is 12.8. The zero-order valence-corrected chi connectivity index (χ0v) is 15.6. The van der Waals surface area contributed by atoms with Gasteiger partial charge in [0.1, 0.15) is 0 Å². The van der Waals surface area contributed by atoms with Crippen molar-refractivity contribution < 1.29 is 14.3 Å². The molecule has 144 valence electrons. The summed E-state index contributed by atoms with van der Waals surface area (Å²) < 4.78 is 13.2. The van der Waals surface area contributed by atoms with Crippen molar-refractivity contribution in [2.75, 3.05) is 52.6 Å². The third kappa shape index (κ3) is 4.48. The number of amides is 1. The first-order valence-corrected chi connectivity index (χ1v) is 10.1. The first-order valence-electron chi connectivity index (χ1n) is 10.1. The van der Waals surface area contributed by atoms with Gasteiger partial charge in [-0.3, -0.25) is 9.69 Å². The Bertz CT molecular complexity index is 591. The molecule has 0 spiro atoms. The Morgan fingerprint density at radius 2 is 1.81 bits per heavy atom. The van der Waals surface area contributed by atoms with Crippen LogP contribution in [0.2, 0.25) is 0 Å². The molecule has 1 aromatic heterocycles. The minimum atomic E-state index is 0.292. The SMILES string of the molecule is O=C(C[C@@H]1CN(CC2CCOCC2)Cc2cccn2C1)N1CCOCC1. The lowest BCUT2D eigenvalue weighted by Crippen LogP contribution is -2.42. The maximum atomic E-state index is 12.8. The monoisotopic (exact) mass is 361 g/mol. The van der Waals surface area contributed by atoms with E-state index in [4.69, 9.17) is 9.47 Å². The molecule has 4 rings (SSSR count). The van der Waals surface area contributed by atoms with Crippen LogP contribution in [0.3, 0.4) is 0 Å². The van der Waals surface area contributed by atoms with E-state index in [1.807, 2.05) is 4.90 Å². The number of carbonyl (C=O) groups excluding carboxylic acids is 1. The van der Waals surface area contributed by atoms with Crippen molar-refractivity contribution in [3.05, 3.63) is 24.0 Å². The topological polar surface area (TPSA) is 46.9 Å². The number of ether oxygens (including phenoxy) is 2.